The number of ether oxygens (including phenoxy) is 3. The average molecular weight is 579 g/mol. The van der Waals surface area contributed by atoms with Gasteiger partial charge in [-0.1, -0.05) is 91.0 Å². The first-order valence-electron chi connectivity index (χ1n) is 15.0. The van der Waals surface area contributed by atoms with E-state index in [1.165, 1.54) is 0 Å². The van der Waals surface area contributed by atoms with Crippen molar-refractivity contribution >= 4 is 5.91 Å². The Kier molecular flexibility index (Phi) is 9.57. The van der Waals surface area contributed by atoms with Gasteiger partial charge in [0.25, 0.3) is 5.91 Å². The second-order valence-corrected chi connectivity index (χ2v) is 11.1. The zero-order valence-electron chi connectivity index (χ0n) is 24.2. The maximum absolute atomic E-state index is 12.6. The van der Waals surface area contributed by atoms with Crippen LogP contribution in [0.15, 0.2) is 103 Å². The highest BCUT2D eigenvalue weighted by molar-refractivity contribution is 5.94. The molecule has 7 nitrogen and oxygen atoms in total. The van der Waals surface area contributed by atoms with Gasteiger partial charge in [-0.05, 0) is 39.9 Å². The lowest BCUT2D eigenvalue weighted by Gasteiger charge is -2.39. The Morgan fingerprint density at radius 3 is 2.26 bits per heavy atom. The zero-order valence-corrected chi connectivity index (χ0v) is 24.2. The van der Waals surface area contributed by atoms with Crippen LogP contribution in [0, 0.1) is 0 Å². The Labute approximate surface area is 253 Å². The number of aliphatic hydroxyl groups is 1. The van der Waals surface area contributed by atoms with Gasteiger partial charge in [0.05, 0.1) is 32.0 Å². The summed E-state index contributed by atoms with van der Waals surface area (Å²) < 4.78 is 18.7. The van der Waals surface area contributed by atoms with E-state index in [0.29, 0.717) is 12.1 Å². The van der Waals surface area contributed by atoms with Crippen LogP contribution in [0.2, 0.25) is 0 Å². The molecule has 2 aliphatic heterocycles. The number of amides is 1. The van der Waals surface area contributed by atoms with Gasteiger partial charge < -0.3 is 24.6 Å². The van der Waals surface area contributed by atoms with Crippen molar-refractivity contribution in [2.45, 2.75) is 38.1 Å². The molecule has 0 aliphatic carbocycles. The largest absolute Gasteiger partial charge is 0.392 e. The molecular formula is C36H38N2O5. The molecule has 0 spiro atoms. The third kappa shape index (κ3) is 7.39. The number of hydrogen-bond donors (Lipinski definition) is 2. The van der Waals surface area contributed by atoms with Crippen LogP contribution in [0.25, 0.3) is 11.1 Å². The summed E-state index contributed by atoms with van der Waals surface area (Å²) in [5, 5.41) is 12.5. The third-order valence-electron chi connectivity index (χ3n) is 8.17. The minimum absolute atomic E-state index is 0.00740. The van der Waals surface area contributed by atoms with E-state index in [1.54, 1.807) is 0 Å². The summed E-state index contributed by atoms with van der Waals surface area (Å²) in [6.45, 7) is 4.58. The maximum Gasteiger partial charge on any atom is 0.251 e. The van der Waals surface area contributed by atoms with E-state index in [0.717, 1.165) is 72.6 Å². The van der Waals surface area contributed by atoms with Gasteiger partial charge >= 0.3 is 0 Å². The Bertz CT molecular complexity index is 1470. The number of hydrogen-bond acceptors (Lipinski definition) is 6. The molecule has 0 aromatic heterocycles. The Morgan fingerprint density at radius 2 is 1.51 bits per heavy atom. The van der Waals surface area contributed by atoms with Crippen LogP contribution in [0.4, 0.5) is 0 Å². The fourth-order valence-corrected chi connectivity index (χ4v) is 5.75. The molecule has 7 heteroatoms. The van der Waals surface area contributed by atoms with E-state index in [9.17, 15) is 9.90 Å². The van der Waals surface area contributed by atoms with Crippen molar-refractivity contribution in [3.8, 4) is 11.1 Å². The van der Waals surface area contributed by atoms with Crippen LogP contribution in [0.3, 0.4) is 0 Å². The first-order chi connectivity index (χ1) is 21.2. The summed E-state index contributed by atoms with van der Waals surface area (Å²) in [5.41, 5.74) is 6.74. The van der Waals surface area contributed by atoms with E-state index in [1.807, 2.05) is 72.8 Å². The molecule has 2 fully saturated rings. The number of rotatable bonds is 9. The minimum atomic E-state index is -0.503. The average Bonchev–Trinajstić information content (AvgIpc) is 3.08. The van der Waals surface area contributed by atoms with Crippen LogP contribution < -0.4 is 5.32 Å². The monoisotopic (exact) mass is 578 g/mol. The molecule has 0 saturated carbocycles. The molecule has 1 amide bonds. The molecule has 2 aliphatic rings. The van der Waals surface area contributed by atoms with Gasteiger partial charge in [-0.2, -0.15) is 0 Å². The molecule has 0 unspecified atom stereocenters. The summed E-state index contributed by atoms with van der Waals surface area (Å²) in [4.78, 5) is 15.0. The Balaban J connectivity index is 1.18. The normalized spacial score (nSPS) is 20.9. The smallest absolute Gasteiger partial charge is 0.251 e. The van der Waals surface area contributed by atoms with Gasteiger partial charge in [-0.25, -0.2) is 0 Å². The van der Waals surface area contributed by atoms with Gasteiger partial charge in [-0.3, -0.25) is 9.69 Å². The second kappa shape index (κ2) is 14.1. The quantitative estimate of drug-likeness (QED) is 0.267. The van der Waals surface area contributed by atoms with Crippen molar-refractivity contribution in [3.05, 3.63) is 131 Å². The minimum Gasteiger partial charge on any atom is -0.392 e. The number of nitrogens with zero attached hydrogens (tertiary/aromatic N) is 1. The van der Waals surface area contributed by atoms with Crippen molar-refractivity contribution in [1.82, 2.24) is 10.2 Å². The standard InChI is InChI=1S/C36H38N2O5/c39-25-26-10-12-28(13-11-26)34-22-32(24-38-18-20-41-21-19-38)42-36(43-34)30-16-14-27(15-17-30)33-9-5-4-8-31(33)23-37-35(40)29-6-2-1-3-7-29/h1-17,32,34,36,39H,18-25H2,(H,37,40)/t32-,34+,36+/m0/s1. The third-order valence-corrected chi connectivity index (χ3v) is 8.17. The molecule has 2 N–H and O–H groups in total. The number of benzene rings is 4. The first-order valence-corrected chi connectivity index (χ1v) is 15.0. The van der Waals surface area contributed by atoms with Crippen molar-refractivity contribution < 1.29 is 24.1 Å². The fraction of sp³-hybridized carbons (Fsp3) is 0.306. The number of morpholine rings is 1. The van der Waals surface area contributed by atoms with Crippen molar-refractivity contribution in [3.63, 3.8) is 0 Å². The molecule has 4 aromatic carbocycles. The Morgan fingerprint density at radius 1 is 0.814 bits per heavy atom. The predicted octanol–water partition coefficient (Wildman–Crippen LogP) is 5.65. The van der Waals surface area contributed by atoms with Crippen LogP contribution in [-0.2, 0) is 27.4 Å². The number of carbonyl (C=O) groups is 1. The lowest BCUT2D eigenvalue weighted by atomic mass is 9.97. The fourth-order valence-electron chi connectivity index (χ4n) is 5.75. The lowest BCUT2D eigenvalue weighted by Crippen LogP contribution is -2.44. The predicted molar refractivity (Wildman–Crippen MR) is 165 cm³/mol. The van der Waals surface area contributed by atoms with E-state index in [-0.39, 0.29) is 24.7 Å². The van der Waals surface area contributed by atoms with Crippen LogP contribution >= 0.6 is 0 Å². The number of carbonyl (C=O) groups excluding carboxylic acids is 1. The van der Waals surface area contributed by atoms with Crippen molar-refractivity contribution in [2.24, 2.45) is 0 Å². The molecule has 6 rings (SSSR count). The molecule has 0 radical (unpaired) electrons. The van der Waals surface area contributed by atoms with Gasteiger partial charge in [0.1, 0.15) is 0 Å². The molecular weight excluding hydrogens is 540 g/mol. The highest BCUT2D eigenvalue weighted by atomic mass is 16.7. The van der Waals surface area contributed by atoms with E-state index >= 15 is 0 Å². The SMILES string of the molecule is O=C(NCc1ccccc1-c1ccc([C@@H]2O[C@H](CN3CCOCC3)C[C@H](c3ccc(CO)cc3)O2)cc1)c1ccccc1. The zero-order chi connectivity index (χ0) is 29.4. The van der Waals surface area contributed by atoms with Gasteiger partial charge in [-0.15, -0.1) is 0 Å². The summed E-state index contributed by atoms with van der Waals surface area (Å²) in [5.74, 6) is -0.0930. The maximum atomic E-state index is 12.6. The van der Waals surface area contributed by atoms with Crippen LogP contribution in [-0.4, -0.2) is 54.9 Å². The molecule has 0 bridgehead atoms. The van der Waals surface area contributed by atoms with E-state index in [2.05, 4.69) is 40.5 Å². The van der Waals surface area contributed by atoms with Gasteiger partial charge in [0.2, 0.25) is 0 Å². The summed E-state index contributed by atoms with van der Waals surface area (Å²) in [7, 11) is 0. The van der Waals surface area contributed by atoms with Crippen molar-refractivity contribution in [2.75, 3.05) is 32.8 Å². The van der Waals surface area contributed by atoms with E-state index in [4.69, 9.17) is 14.2 Å². The molecule has 4 aromatic rings. The first kappa shape index (κ1) is 29.2. The highest BCUT2D eigenvalue weighted by Gasteiger charge is 2.33. The molecule has 222 valence electrons. The van der Waals surface area contributed by atoms with Crippen molar-refractivity contribution in [1.29, 1.82) is 0 Å². The summed E-state index contributed by atoms with van der Waals surface area (Å²) in [6.07, 6.45) is 0.142. The second-order valence-electron chi connectivity index (χ2n) is 11.1. The van der Waals surface area contributed by atoms with Crippen LogP contribution in [0.5, 0.6) is 0 Å². The molecule has 43 heavy (non-hydrogen) atoms. The number of nitrogens with one attached hydrogen (secondary N) is 1. The van der Waals surface area contributed by atoms with Gasteiger partial charge in [0.15, 0.2) is 6.29 Å². The molecule has 2 saturated heterocycles. The number of aliphatic hydroxyl groups excluding tert-OH is 1. The molecule has 3 atom stereocenters. The topological polar surface area (TPSA) is 80.3 Å². The lowest BCUT2D eigenvalue weighted by molar-refractivity contribution is -0.253. The summed E-state index contributed by atoms with van der Waals surface area (Å²) in [6, 6.07) is 33.7. The molecule has 2 heterocycles. The highest BCUT2D eigenvalue weighted by Crippen LogP contribution is 2.39. The van der Waals surface area contributed by atoms with Crippen LogP contribution in [0.1, 0.15) is 51.4 Å². The van der Waals surface area contributed by atoms with Gasteiger partial charge in [0, 0.05) is 43.7 Å². The summed E-state index contributed by atoms with van der Waals surface area (Å²) >= 11 is 0. The van der Waals surface area contributed by atoms with E-state index < -0.39 is 6.29 Å². The Hall–Kier alpha value is -3.85.